The SMILES string of the molecule is Cc1nn(C)c(C)c1NC(=O)CN1CC[C@]2(CCC1=O)CC(=O)c1ccccc1O2. The molecule has 2 aliphatic rings. The summed E-state index contributed by atoms with van der Waals surface area (Å²) < 4.78 is 7.94. The number of ether oxygens (including phenoxy) is 1. The Morgan fingerprint density at radius 1 is 1.23 bits per heavy atom. The first kappa shape index (κ1) is 20.1. The maximum atomic E-state index is 12.7. The number of hydrogen-bond donors (Lipinski definition) is 1. The Balaban J connectivity index is 1.44. The van der Waals surface area contributed by atoms with Gasteiger partial charge in [-0.2, -0.15) is 5.10 Å². The largest absolute Gasteiger partial charge is 0.486 e. The maximum Gasteiger partial charge on any atom is 0.244 e. The van der Waals surface area contributed by atoms with Crippen LogP contribution in [0.4, 0.5) is 5.69 Å². The monoisotopic (exact) mass is 410 g/mol. The molecular formula is C22H26N4O4. The Morgan fingerprint density at radius 2 is 2.00 bits per heavy atom. The number of ketones is 1. The molecule has 0 saturated carbocycles. The number of likely N-dealkylation sites (tertiary alicyclic amines) is 1. The van der Waals surface area contributed by atoms with Crippen LogP contribution in [0.3, 0.4) is 0 Å². The van der Waals surface area contributed by atoms with Gasteiger partial charge >= 0.3 is 0 Å². The fourth-order valence-corrected chi connectivity index (χ4v) is 4.28. The number of Topliss-reactive ketones (excluding diaryl/α,β-unsaturated/α-hetero) is 1. The van der Waals surface area contributed by atoms with Crippen molar-refractivity contribution in [3.8, 4) is 5.75 Å². The quantitative estimate of drug-likeness (QED) is 0.839. The predicted octanol–water partition coefficient (Wildman–Crippen LogP) is 2.39. The van der Waals surface area contributed by atoms with E-state index in [0.29, 0.717) is 36.4 Å². The van der Waals surface area contributed by atoms with Crippen molar-refractivity contribution in [3.05, 3.63) is 41.2 Å². The van der Waals surface area contributed by atoms with E-state index in [4.69, 9.17) is 4.74 Å². The van der Waals surface area contributed by atoms with E-state index in [2.05, 4.69) is 10.4 Å². The van der Waals surface area contributed by atoms with Crippen molar-refractivity contribution in [2.75, 3.05) is 18.4 Å². The highest BCUT2D eigenvalue weighted by molar-refractivity contribution is 6.00. The molecule has 1 fully saturated rings. The van der Waals surface area contributed by atoms with Crippen molar-refractivity contribution in [1.29, 1.82) is 0 Å². The van der Waals surface area contributed by atoms with Crippen LogP contribution in [0, 0.1) is 13.8 Å². The summed E-state index contributed by atoms with van der Waals surface area (Å²) in [7, 11) is 1.82. The summed E-state index contributed by atoms with van der Waals surface area (Å²) in [5.41, 5.74) is 2.17. The molecule has 1 aromatic heterocycles. The smallest absolute Gasteiger partial charge is 0.244 e. The van der Waals surface area contributed by atoms with Crippen LogP contribution < -0.4 is 10.1 Å². The topological polar surface area (TPSA) is 93.5 Å². The lowest BCUT2D eigenvalue weighted by atomic mass is 9.84. The molecule has 0 radical (unpaired) electrons. The highest BCUT2D eigenvalue weighted by Gasteiger charge is 2.43. The zero-order chi connectivity index (χ0) is 21.5. The zero-order valence-corrected chi connectivity index (χ0v) is 17.5. The van der Waals surface area contributed by atoms with Gasteiger partial charge in [0, 0.05) is 26.4 Å². The van der Waals surface area contributed by atoms with Gasteiger partial charge in [0.05, 0.1) is 35.6 Å². The van der Waals surface area contributed by atoms with E-state index in [0.717, 1.165) is 11.4 Å². The summed E-state index contributed by atoms with van der Waals surface area (Å²) in [5, 5.41) is 7.17. The second-order valence-electron chi connectivity index (χ2n) is 8.16. The van der Waals surface area contributed by atoms with Gasteiger partial charge in [-0.3, -0.25) is 19.1 Å². The number of aryl methyl sites for hydroxylation is 2. The summed E-state index contributed by atoms with van der Waals surface area (Å²) in [6.07, 6.45) is 1.47. The van der Waals surface area contributed by atoms with Gasteiger partial charge in [-0.1, -0.05) is 12.1 Å². The van der Waals surface area contributed by atoms with Crippen molar-refractivity contribution in [2.24, 2.45) is 7.05 Å². The molecule has 1 atom stereocenters. The molecule has 3 heterocycles. The third-order valence-electron chi connectivity index (χ3n) is 6.09. The molecule has 30 heavy (non-hydrogen) atoms. The van der Waals surface area contributed by atoms with Crippen molar-refractivity contribution in [3.63, 3.8) is 0 Å². The highest BCUT2D eigenvalue weighted by atomic mass is 16.5. The lowest BCUT2D eigenvalue weighted by molar-refractivity contribution is -0.134. The molecule has 8 nitrogen and oxygen atoms in total. The fourth-order valence-electron chi connectivity index (χ4n) is 4.28. The normalized spacial score (nSPS) is 21.2. The van der Waals surface area contributed by atoms with Gasteiger partial charge in [-0.15, -0.1) is 0 Å². The van der Waals surface area contributed by atoms with Crippen molar-refractivity contribution < 1.29 is 19.1 Å². The van der Waals surface area contributed by atoms with E-state index in [1.807, 2.05) is 33.0 Å². The average molecular weight is 410 g/mol. The molecular weight excluding hydrogens is 384 g/mol. The highest BCUT2D eigenvalue weighted by Crippen LogP contribution is 2.39. The van der Waals surface area contributed by atoms with Crippen molar-refractivity contribution >= 4 is 23.3 Å². The Hall–Kier alpha value is -3.16. The number of anilines is 1. The number of carbonyl (C=O) groups excluding carboxylic acids is 3. The van der Waals surface area contributed by atoms with Crippen LogP contribution in [0.1, 0.15) is 47.4 Å². The van der Waals surface area contributed by atoms with E-state index in [9.17, 15) is 14.4 Å². The summed E-state index contributed by atoms with van der Waals surface area (Å²) >= 11 is 0. The number of aromatic nitrogens is 2. The van der Waals surface area contributed by atoms with Gasteiger partial charge in [0.2, 0.25) is 11.8 Å². The third kappa shape index (κ3) is 3.69. The number of carbonyl (C=O) groups is 3. The molecule has 1 aromatic carbocycles. The average Bonchev–Trinajstić information content (AvgIpc) is 2.86. The number of nitrogens with zero attached hydrogens (tertiary/aromatic N) is 3. The minimum Gasteiger partial charge on any atom is -0.486 e. The number of amides is 2. The Kier molecular flexibility index (Phi) is 5.09. The summed E-state index contributed by atoms with van der Waals surface area (Å²) in [5.74, 6) is 0.258. The van der Waals surface area contributed by atoms with Gasteiger partial charge in [0.15, 0.2) is 5.78 Å². The second-order valence-corrected chi connectivity index (χ2v) is 8.16. The van der Waals surface area contributed by atoms with E-state index in [1.54, 1.807) is 21.7 Å². The molecule has 0 unspecified atom stereocenters. The lowest BCUT2D eigenvalue weighted by Crippen LogP contribution is -2.43. The first-order chi connectivity index (χ1) is 14.3. The van der Waals surface area contributed by atoms with Gasteiger partial charge in [0.1, 0.15) is 11.4 Å². The number of hydrogen-bond acceptors (Lipinski definition) is 5. The van der Waals surface area contributed by atoms with Crippen molar-refractivity contribution in [2.45, 2.75) is 45.1 Å². The van der Waals surface area contributed by atoms with Crippen LogP contribution in [-0.2, 0) is 16.6 Å². The number of para-hydroxylation sites is 1. The molecule has 4 rings (SSSR count). The maximum absolute atomic E-state index is 12.7. The van der Waals surface area contributed by atoms with Crippen LogP contribution in [0.2, 0.25) is 0 Å². The fraction of sp³-hybridized carbons (Fsp3) is 0.455. The number of nitrogens with one attached hydrogen (secondary N) is 1. The van der Waals surface area contributed by atoms with Crippen LogP contribution in [-0.4, -0.2) is 51.0 Å². The van der Waals surface area contributed by atoms with Gasteiger partial charge < -0.3 is 15.0 Å². The number of fused-ring (bicyclic) bond motifs is 1. The van der Waals surface area contributed by atoms with Crippen LogP contribution >= 0.6 is 0 Å². The Bertz CT molecular complexity index is 1030. The minimum absolute atomic E-state index is 0.0345. The van der Waals surface area contributed by atoms with Crippen LogP contribution in [0.15, 0.2) is 24.3 Å². The third-order valence-corrected chi connectivity index (χ3v) is 6.09. The van der Waals surface area contributed by atoms with Crippen LogP contribution in [0.25, 0.3) is 0 Å². The molecule has 0 aliphatic carbocycles. The van der Waals surface area contributed by atoms with E-state index in [1.165, 1.54) is 0 Å². The van der Waals surface area contributed by atoms with E-state index < -0.39 is 5.60 Å². The molecule has 1 N–H and O–H groups in total. The number of benzene rings is 1. The molecule has 1 spiro atoms. The number of rotatable bonds is 3. The Labute approximate surface area is 175 Å². The van der Waals surface area contributed by atoms with Crippen LogP contribution in [0.5, 0.6) is 5.75 Å². The molecule has 1 saturated heterocycles. The standard InChI is InChI=1S/C22H26N4O4/c1-14-21(15(2)25(3)24-14)23-19(28)13-26-11-10-22(9-8-20(26)29)12-17(27)16-6-4-5-7-18(16)30-22/h4-7H,8-13H2,1-3H3,(H,23,28)/t22-/m1/s1. The van der Waals surface area contributed by atoms with Gasteiger partial charge in [-0.05, 0) is 32.4 Å². The molecule has 0 bridgehead atoms. The first-order valence-electron chi connectivity index (χ1n) is 10.2. The van der Waals surface area contributed by atoms with E-state index >= 15 is 0 Å². The molecule has 158 valence electrons. The molecule has 2 aliphatic heterocycles. The molecule has 2 aromatic rings. The summed E-state index contributed by atoms with van der Waals surface area (Å²) in [6.45, 7) is 4.05. The summed E-state index contributed by atoms with van der Waals surface area (Å²) in [6, 6.07) is 7.23. The zero-order valence-electron chi connectivity index (χ0n) is 17.5. The molecule has 2 amide bonds. The predicted molar refractivity (Wildman–Crippen MR) is 110 cm³/mol. The van der Waals surface area contributed by atoms with Gasteiger partial charge in [0.25, 0.3) is 0 Å². The summed E-state index contributed by atoms with van der Waals surface area (Å²) in [4.78, 5) is 39.5. The van der Waals surface area contributed by atoms with Crippen molar-refractivity contribution in [1.82, 2.24) is 14.7 Å². The lowest BCUT2D eigenvalue weighted by Gasteiger charge is -2.37. The molecule has 8 heteroatoms. The second kappa shape index (κ2) is 7.59. The first-order valence-corrected chi connectivity index (χ1v) is 10.2. The van der Waals surface area contributed by atoms with Gasteiger partial charge in [-0.25, -0.2) is 0 Å². The Morgan fingerprint density at radius 3 is 2.73 bits per heavy atom. The minimum atomic E-state index is -0.692. The van der Waals surface area contributed by atoms with E-state index in [-0.39, 0.29) is 37.0 Å².